The Kier molecular flexibility index (Phi) is 3.87. The molecule has 1 aliphatic rings. The summed E-state index contributed by atoms with van der Waals surface area (Å²) in [5.74, 6) is 0. The highest BCUT2D eigenvalue weighted by Crippen LogP contribution is 2.48. The number of rotatable bonds is 4. The molecule has 0 bridgehead atoms. The van der Waals surface area contributed by atoms with Gasteiger partial charge in [0.15, 0.2) is 0 Å². The standard InChI is InChI=1S/C11H28N4Si/c1-12(2)11(13(3)4)9-16(10-11,14(5)6)15(7)8/h9-10H2,1-8H3. The van der Waals surface area contributed by atoms with Crippen molar-refractivity contribution in [3.63, 3.8) is 0 Å². The van der Waals surface area contributed by atoms with Crippen LogP contribution in [0.15, 0.2) is 0 Å². The largest absolute Gasteiger partial charge is 0.317 e. The number of hydrogen-bond acceptors (Lipinski definition) is 4. The molecule has 0 amide bonds. The summed E-state index contributed by atoms with van der Waals surface area (Å²) in [5.41, 5.74) is 0.265. The molecule has 1 fully saturated rings. The molecule has 1 saturated heterocycles. The van der Waals surface area contributed by atoms with Gasteiger partial charge in [0.1, 0.15) is 0 Å². The molecule has 16 heavy (non-hydrogen) atoms. The van der Waals surface area contributed by atoms with Crippen LogP contribution in [0, 0.1) is 0 Å². The Morgan fingerprint density at radius 2 is 1.00 bits per heavy atom. The summed E-state index contributed by atoms with van der Waals surface area (Å²) in [6.45, 7) is 0. The molecule has 0 aromatic heterocycles. The maximum Gasteiger partial charge on any atom is 0.212 e. The highest BCUT2D eigenvalue weighted by molar-refractivity contribution is 6.77. The Morgan fingerprint density at radius 1 is 0.688 bits per heavy atom. The smallest absolute Gasteiger partial charge is 0.212 e. The maximum atomic E-state index is 2.48. The molecule has 5 heteroatoms. The van der Waals surface area contributed by atoms with E-state index in [-0.39, 0.29) is 5.66 Å². The third kappa shape index (κ3) is 1.84. The lowest BCUT2D eigenvalue weighted by molar-refractivity contribution is 0.00659. The summed E-state index contributed by atoms with van der Waals surface area (Å²) >= 11 is 0. The van der Waals surface area contributed by atoms with Crippen molar-refractivity contribution < 1.29 is 0 Å². The number of hydrogen-bond donors (Lipinski definition) is 0. The molecule has 0 saturated carbocycles. The van der Waals surface area contributed by atoms with Gasteiger partial charge < -0.3 is 9.13 Å². The van der Waals surface area contributed by atoms with Gasteiger partial charge in [-0.15, -0.1) is 0 Å². The Labute approximate surface area is 102 Å². The second kappa shape index (κ2) is 4.38. The molecule has 1 heterocycles. The molecule has 4 nitrogen and oxygen atoms in total. The predicted molar refractivity (Wildman–Crippen MR) is 72.8 cm³/mol. The molecule has 0 atom stereocenters. The first kappa shape index (κ1) is 14.1. The van der Waals surface area contributed by atoms with Crippen molar-refractivity contribution in [1.82, 2.24) is 18.9 Å². The molecule has 1 aliphatic heterocycles. The molecule has 0 radical (unpaired) electrons. The van der Waals surface area contributed by atoms with E-state index in [1.807, 2.05) is 0 Å². The van der Waals surface area contributed by atoms with Gasteiger partial charge in [-0.1, -0.05) is 0 Å². The van der Waals surface area contributed by atoms with Crippen LogP contribution in [0.25, 0.3) is 0 Å². The van der Waals surface area contributed by atoms with Gasteiger partial charge in [-0.05, 0) is 56.4 Å². The fourth-order valence-electron chi connectivity index (χ4n) is 2.92. The van der Waals surface area contributed by atoms with Crippen molar-refractivity contribution in [2.24, 2.45) is 0 Å². The van der Waals surface area contributed by atoms with Gasteiger partial charge in [-0.3, -0.25) is 9.80 Å². The summed E-state index contributed by atoms with van der Waals surface area (Å²) in [5, 5.41) is 0. The Morgan fingerprint density at radius 3 is 1.19 bits per heavy atom. The van der Waals surface area contributed by atoms with Crippen molar-refractivity contribution in [3.8, 4) is 0 Å². The molecular formula is C11H28N4Si. The topological polar surface area (TPSA) is 13.0 Å². The fourth-order valence-corrected chi connectivity index (χ4v) is 7.96. The second-order valence-corrected chi connectivity index (χ2v) is 10.4. The van der Waals surface area contributed by atoms with Gasteiger partial charge in [0.2, 0.25) is 8.40 Å². The molecule has 0 unspecified atom stereocenters. The Bertz CT molecular complexity index is 200. The molecule has 0 spiro atoms. The van der Waals surface area contributed by atoms with Gasteiger partial charge in [0.25, 0.3) is 0 Å². The highest BCUT2D eigenvalue weighted by atomic mass is 28.4. The lowest BCUT2D eigenvalue weighted by atomic mass is 10.1. The number of nitrogens with zero attached hydrogens (tertiary/aromatic N) is 4. The average Bonchev–Trinajstić information content (AvgIpc) is 1.98. The monoisotopic (exact) mass is 244 g/mol. The minimum atomic E-state index is -1.38. The molecule has 0 aliphatic carbocycles. The molecule has 0 N–H and O–H groups in total. The third-order valence-corrected chi connectivity index (χ3v) is 10.1. The van der Waals surface area contributed by atoms with Crippen molar-refractivity contribution in [1.29, 1.82) is 0 Å². The molecule has 0 aromatic rings. The van der Waals surface area contributed by atoms with E-state index in [1.54, 1.807) is 0 Å². The van der Waals surface area contributed by atoms with E-state index in [4.69, 9.17) is 0 Å². The van der Waals surface area contributed by atoms with E-state index in [2.05, 4.69) is 75.3 Å². The van der Waals surface area contributed by atoms with Crippen LogP contribution < -0.4 is 0 Å². The van der Waals surface area contributed by atoms with Crippen LogP contribution in [0.1, 0.15) is 0 Å². The van der Waals surface area contributed by atoms with Gasteiger partial charge >= 0.3 is 0 Å². The van der Waals surface area contributed by atoms with Crippen molar-refractivity contribution in [2.75, 3.05) is 56.4 Å². The highest BCUT2D eigenvalue weighted by Gasteiger charge is 2.62. The molecule has 96 valence electrons. The lowest BCUT2D eigenvalue weighted by Gasteiger charge is -2.64. The Hall–Kier alpha value is 0.0569. The zero-order valence-electron chi connectivity index (χ0n) is 12.2. The van der Waals surface area contributed by atoms with Gasteiger partial charge in [0.05, 0.1) is 5.66 Å². The predicted octanol–water partition coefficient (Wildman–Crippen LogP) is 0.385. The first-order chi connectivity index (χ1) is 7.19. The van der Waals surface area contributed by atoms with Gasteiger partial charge in [-0.25, -0.2) is 0 Å². The fraction of sp³-hybridized carbons (Fsp3) is 1.00. The normalized spacial score (nSPS) is 23.2. The summed E-state index contributed by atoms with van der Waals surface area (Å²) in [4.78, 5) is 4.76. The quantitative estimate of drug-likeness (QED) is 0.524. The summed E-state index contributed by atoms with van der Waals surface area (Å²) in [6.07, 6.45) is 0. The van der Waals surface area contributed by atoms with Crippen LogP contribution in [-0.4, -0.2) is 89.4 Å². The third-order valence-electron chi connectivity index (χ3n) is 4.46. The second-order valence-electron chi connectivity index (χ2n) is 5.90. The van der Waals surface area contributed by atoms with Crippen molar-refractivity contribution in [3.05, 3.63) is 0 Å². The van der Waals surface area contributed by atoms with E-state index >= 15 is 0 Å². The minimum absolute atomic E-state index is 0.265. The van der Waals surface area contributed by atoms with E-state index in [1.165, 1.54) is 12.1 Å². The first-order valence-corrected chi connectivity index (χ1v) is 8.19. The summed E-state index contributed by atoms with van der Waals surface area (Å²) < 4.78 is 4.97. The zero-order chi connectivity index (χ0) is 12.7. The van der Waals surface area contributed by atoms with Crippen molar-refractivity contribution >= 4 is 8.40 Å². The van der Waals surface area contributed by atoms with E-state index in [9.17, 15) is 0 Å². The van der Waals surface area contributed by atoms with Crippen LogP contribution >= 0.6 is 0 Å². The van der Waals surface area contributed by atoms with Crippen LogP contribution in [0.5, 0.6) is 0 Å². The molecule has 1 rings (SSSR count). The average molecular weight is 244 g/mol. The van der Waals surface area contributed by atoms with Crippen molar-refractivity contribution in [2.45, 2.75) is 17.8 Å². The molecule has 0 aromatic carbocycles. The van der Waals surface area contributed by atoms with Crippen LogP contribution in [0.2, 0.25) is 12.1 Å². The van der Waals surface area contributed by atoms with E-state index in [0.717, 1.165) is 0 Å². The van der Waals surface area contributed by atoms with Crippen LogP contribution in [0.3, 0.4) is 0 Å². The van der Waals surface area contributed by atoms with Crippen LogP contribution in [0.4, 0.5) is 0 Å². The zero-order valence-corrected chi connectivity index (χ0v) is 13.2. The van der Waals surface area contributed by atoms with Gasteiger partial charge in [-0.2, -0.15) is 0 Å². The molecular weight excluding hydrogens is 216 g/mol. The Balaban J connectivity index is 2.89. The first-order valence-electron chi connectivity index (χ1n) is 5.89. The van der Waals surface area contributed by atoms with Gasteiger partial charge in [0, 0.05) is 12.1 Å². The van der Waals surface area contributed by atoms with E-state index < -0.39 is 8.40 Å². The SMILES string of the molecule is CN(C)C1(N(C)C)C[Si](N(C)C)(N(C)C)C1. The van der Waals surface area contributed by atoms with E-state index in [0.29, 0.717) is 0 Å². The summed E-state index contributed by atoms with van der Waals surface area (Å²) in [6, 6.07) is 2.58. The lowest BCUT2D eigenvalue weighted by Crippen LogP contribution is -2.80. The minimum Gasteiger partial charge on any atom is -0.317 e. The van der Waals surface area contributed by atoms with Crippen LogP contribution in [-0.2, 0) is 0 Å². The summed E-state index contributed by atoms with van der Waals surface area (Å²) in [7, 11) is 16.4. The maximum absolute atomic E-state index is 2.48.